The maximum Gasteiger partial charge on any atom is 0.412 e. The number of amides is 1. The van der Waals surface area contributed by atoms with E-state index in [1.807, 2.05) is 25.1 Å². The first kappa shape index (κ1) is 21.9. The van der Waals surface area contributed by atoms with Gasteiger partial charge in [0, 0.05) is 6.07 Å². The summed E-state index contributed by atoms with van der Waals surface area (Å²) in [5.41, 5.74) is 0.946. The van der Waals surface area contributed by atoms with Crippen LogP contribution in [0.25, 0.3) is 6.08 Å². The number of rotatable bonds is 9. The molecular formula is C22H24FNO5. The smallest absolute Gasteiger partial charge is 0.412 e. The van der Waals surface area contributed by atoms with Crippen molar-refractivity contribution < 1.29 is 28.2 Å². The van der Waals surface area contributed by atoms with Crippen molar-refractivity contribution >= 4 is 18.1 Å². The molecule has 0 atom stereocenters. The summed E-state index contributed by atoms with van der Waals surface area (Å²) in [6.45, 7) is 2.52. The number of carbonyl (C=O) groups excluding carboxylic acids is 2. The Morgan fingerprint density at radius 1 is 1.14 bits per heavy atom. The van der Waals surface area contributed by atoms with E-state index in [9.17, 15) is 14.0 Å². The fourth-order valence-electron chi connectivity index (χ4n) is 2.38. The van der Waals surface area contributed by atoms with Crippen LogP contribution in [0.2, 0.25) is 0 Å². The van der Waals surface area contributed by atoms with E-state index in [1.54, 1.807) is 18.2 Å². The number of hydrogen-bond acceptors (Lipinski definition) is 5. The van der Waals surface area contributed by atoms with Crippen LogP contribution in [0.15, 0.2) is 54.2 Å². The molecule has 0 fully saturated rings. The predicted molar refractivity (Wildman–Crippen MR) is 107 cm³/mol. The number of ether oxygens (including phenoxy) is 3. The zero-order valence-electron chi connectivity index (χ0n) is 16.4. The zero-order valence-corrected chi connectivity index (χ0v) is 16.4. The van der Waals surface area contributed by atoms with Gasteiger partial charge in [0.1, 0.15) is 23.9 Å². The van der Waals surface area contributed by atoms with Crippen molar-refractivity contribution in [2.75, 3.05) is 13.7 Å². The maximum absolute atomic E-state index is 13.9. The lowest BCUT2D eigenvalue weighted by atomic mass is 10.1. The molecule has 154 valence electrons. The summed E-state index contributed by atoms with van der Waals surface area (Å²) in [6, 6.07) is 13.1. The van der Waals surface area contributed by atoms with Crippen LogP contribution in [0.4, 0.5) is 9.18 Å². The van der Waals surface area contributed by atoms with Crippen LogP contribution in [0.3, 0.4) is 0 Å². The SMILES string of the molecule is CCCCOc1cc(F)cc(/C=C(\NC(=O)OCc2ccccc2)C(=O)OC)c1. The Morgan fingerprint density at radius 3 is 2.59 bits per heavy atom. The Hall–Kier alpha value is -3.35. The first-order valence-electron chi connectivity index (χ1n) is 9.23. The van der Waals surface area contributed by atoms with E-state index in [1.165, 1.54) is 25.3 Å². The molecule has 7 heteroatoms. The molecular weight excluding hydrogens is 377 g/mol. The summed E-state index contributed by atoms with van der Waals surface area (Å²) in [5, 5.41) is 2.34. The van der Waals surface area contributed by atoms with Gasteiger partial charge in [0.15, 0.2) is 0 Å². The molecule has 0 aliphatic rings. The number of alkyl carbamates (subject to hydrolysis) is 1. The summed E-state index contributed by atoms with van der Waals surface area (Å²) in [7, 11) is 1.18. The van der Waals surface area contributed by atoms with Gasteiger partial charge in [-0.3, -0.25) is 5.32 Å². The molecule has 0 bridgehead atoms. The largest absolute Gasteiger partial charge is 0.493 e. The van der Waals surface area contributed by atoms with E-state index in [-0.39, 0.29) is 12.3 Å². The van der Waals surface area contributed by atoms with Crippen LogP contribution in [0, 0.1) is 5.82 Å². The molecule has 0 aliphatic heterocycles. The average Bonchev–Trinajstić information content (AvgIpc) is 2.72. The third kappa shape index (κ3) is 7.65. The zero-order chi connectivity index (χ0) is 21.1. The molecule has 1 N–H and O–H groups in total. The molecule has 1 amide bonds. The highest BCUT2D eigenvalue weighted by Gasteiger charge is 2.15. The highest BCUT2D eigenvalue weighted by atomic mass is 19.1. The van der Waals surface area contributed by atoms with Gasteiger partial charge in [-0.15, -0.1) is 0 Å². The summed E-state index contributed by atoms with van der Waals surface area (Å²) in [4.78, 5) is 24.1. The standard InChI is InChI=1S/C22H24FNO5/c1-3-4-10-28-19-12-17(11-18(23)14-19)13-20(21(25)27-2)24-22(26)29-15-16-8-6-5-7-9-16/h5-9,11-14H,3-4,10,15H2,1-2H3,(H,24,26)/b20-13-. The van der Waals surface area contributed by atoms with Gasteiger partial charge in [-0.25, -0.2) is 14.0 Å². The number of esters is 1. The third-order valence-electron chi connectivity index (χ3n) is 3.83. The lowest BCUT2D eigenvalue weighted by Gasteiger charge is -2.10. The molecule has 2 aromatic carbocycles. The second-order valence-electron chi connectivity index (χ2n) is 6.16. The lowest BCUT2D eigenvalue weighted by Crippen LogP contribution is -2.28. The second-order valence-corrected chi connectivity index (χ2v) is 6.16. The summed E-state index contributed by atoms with van der Waals surface area (Å²) >= 11 is 0. The number of hydrogen-bond donors (Lipinski definition) is 1. The summed E-state index contributed by atoms with van der Waals surface area (Å²) in [5.74, 6) is -0.985. The summed E-state index contributed by atoms with van der Waals surface area (Å²) in [6.07, 6.45) is 2.25. The van der Waals surface area contributed by atoms with Crippen molar-refractivity contribution in [1.29, 1.82) is 0 Å². The molecule has 0 aliphatic carbocycles. The minimum absolute atomic E-state index is 0.0382. The van der Waals surface area contributed by atoms with E-state index in [0.29, 0.717) is 17.9 Å². The average molecular weight is 401 g/mol. The molecule has 0 spiro atoms. The van der Waals surface area contributed by atoms with Crippen molar-refractivity contribution in [3.8, 4) is 5.75 Å². The highest BCUT2D eigenvalue weighted by molar-refractivity contribution is 5.96. The quantitative estimate of drug-likeness (QED) is 0.382. The van der Waals surface area contributed by atoms with Crippen molar-refractivity contribution in [2.45, 2.75) is 26.4 Å². The monoisotopic (exact) mass is 401 g/mol. The Bertz CT molecular complexity index is 852. The molecule has 0 aromatic heterocycles. The number of unbranched alkanes of at least 4 members (excludes halogenated alkanes) is 1. The van der Waals surface area contributed by atoms with Crippen LogP contribution in [0.5, 0.6) is 5.75 Å². The lowest BCUT2D eigenvalue weighted by molar-refractivity contribution is -0.136. The molecule has 6 nitrogen and oxygen atoms in total. The number of nitrogens with one attached hydrogen (secondary N) is 1. The topological polar surface area (TPSA) is 73.9 Å². The van der Waals surface area contributed by atoms with Gasteiger partial charge in [0.25, 0.3) is 0 Å². The summed E-state index contributed by atoms with van der Waals surface area (Å²) < 4.78 is 29.2. The normalized spacial score (nSPS) is 10.9. The number of carbonyl (C=O) groups is 2. The molecule has 0 unspecified atom stereocenters. The van der Waals surface area contributed by atoms with Crippen LogP contribution < -0.4 is 10.1 Å². The Balaban J connectivity index is 2.11. The van der Waals surface area contributed by atoms with Gasteiger partial charge in [-0.05, 0) is 35.8 Å². The van der Waals surface area contributed by atoms with E-state index < -0.39 is 17.9 Å². The van der Waals surface area contributed by atoms with Gasteiger partial charge in [0.2, 0.25) is 0 Å². The van der Waals surface area contributed by atoms with Gasteiger partial charge < -0.3 is 14.2 Å². The molecule has 2 aromatic rings. The highest BCUT2D eigenvalue weighted by Crippen LogP contribution is 2.19. The molecule has 0 saturated carbocycles. The second kappa shape index (κ2) is 11.5. The molecule has 29 heavy (non-hydrogen) atoms. The Labute approximate surface area is 169 Å². The van der Waals surface area contributed by atoms with Gasteiger partial charge in [-0.1, -0.05) is 43.7 Å². The number of methoxy groups -OCH3 is 1. The fourth-order valence-corrected chi connectivity index (χ4v) is 2.38. The minimum Gasteiger partial charge on any atom is -0.493 e. The van der Waals surface area contributed by atoms with Crippen molar-refractivity contribution in [1.82, 2.24) is 5.32 Å². The molecule has 0 heterocycles. The molecule has 0 saturated heterocycles. The van der Waals surface area contributed by atoms with Gasteiger partial charge in [0.05, 0.1) is 13.7 Å². The number of halogens is 1. The first-order chi connectivity index (χ1) is 14.0. The predicted octanol–water partition coefficient (Wildman–Crippen LogP) is 4.44. The van der Waals surface area contributed by atoms with Crippen LogP contribution in [0.1, 0.15) is 30.9 Å². The van der Waals surface area contributed by atoms with Crippen molar-refractivity contribution in [3.05, 3.63) is 71.2 Å². The van der Waals surface area contributed by atoms with Crippen LogP contribution in [-0.2, 0) is 20.9 Å². The Morgan fingerprint density at radius 2 is 1.90 bits per heavy atom. The van der Waals surface area contributed by atoms with Gasteiger partial charge in [-0.2, -0.15) is 0 Å². The molecule has 0 radical (unpaired) electrons. The fraction of sp³-hybridized carbons (Fsp3) is 0.273. The van der Waals surface area contributed by atoms with E-state index in [2.05, 4.69) is 10.1 Å². The van der Waals surface area contributed by atoms with E-state index >= 15 is 0 Å². The van der Waals surface area contributed by atoms with Crippen molar-refractivity contribution in [3.63, 3.8) is 0 Å². The van der Waals surface area contributed by atoms with Crippen LogP contribution in [-0.4, -0.2) is 25.8 Å². The van der Waals surface area contributed by atoms with E-state index in [0.717, 1.165) is 18.4 Å². The van der Waals surface area contributed by atoms with E-state index in [4.69, 9.17) is 9.47 Å². The van der Waals surface area contributed by atoms with Gasteiger partial charge >= 0.3 is 12.1 Å². The third-order valence-corrected chi connectivity index (χ3v) is 3.83. The number of benzene rings is 2. The molecule has 2 rings (SSSR count). The van der Waals surface area contributed by atoms with Crippen molar-refractivity contribution in [2.24, 2.45) is 0 Å². The maximum atomic E-state index is 13.9. The first-order valence-corrected chi connectivity index (χ1v) is 9.23. The van der Waals surface area contributed by atoms with Crippen LogP contribution >= 0.6 is 0 Å². The Kier molecular flexibility index (Phi) is 8.69. The minimum atomic E-state index is -0.832.